The fourth-order valence-corrected chi connectivity index (χ4v) is 1.56. The van der Waals surface area contributed by atoms with Crippen molar-refractivity contribution in [1.82, 2.24) is 0 Å². The number of aliphatic hydroxyl groups is 2. The third-order valence-electron chi connectivity index (χ3n) is 2.46. The zero-order valence-electron chi connectivity index (χ0n) is 12.0. The first kappa shape index (κ1) is 21.2. The summed E-state index contributed by atoms with van der Waals surface area (Å²) < 4.78 is 0. The van der Waals surface area contributed by atoms with Gasteiger partial charge >= 0.3 is 0 Å². The summed E-state index contributed by atoms with van der Waals surface area (Å²) in [7, 11) is 2.00. The SMILES string of the molecule is CCCCCCCCCCCC.CO.CO. The van der Waals surface area contributed by atoms with E-state index in [4.69, 9.17) is 10.2 Å². The van der Waals surface area contributed by atoms with Crippen LogP contribution < -0.4 is 0 Å². The van der Waals surface area contributed by atoms with Crippen molar-refractivity contribution in [2.24, 2.45) is 0 Å². The van der Waals surface area contributed by atoms with Crippen LogP contribution in [0.4, 0.5) is 0 Å². The van der Waals surface area contributed by atoms with Gasteiger partial charge in [-0.3, -0.25) is 0 Å². The van der Waals surface area contributed by atoms with Gasteiger partial charge in [-0.25, -0.2) is 0 Å². The maximum absolute atomic E-state index is 7.00. The molecule has 0 spiro atoms. The average molecular weight is 234 g/mol. The van der Waals surface area contributed by atoms with Crippen LogP contribution in [0, 0.1) is 0 Å². The van der Waals surface area contributed by atoms with Crippen molar-refractivity contribution >= 4 is 0 Å². The summed E-state index contributed by atoms with van der Waals surface area (Å²) >= 11 is 0. The Hall–Kier alpha value is -0.0800. The lowest BCUT2D eigenvalue weighted by Crippen LogP contribution is -1.80. The standard InChI is InChI=1S/C12H26.2CH4O/c1-3-5-7-9-11-12-10-8-6-4-2;2*1-2/h3-12H2,1-2H3;2*2H,1H3. The van der Waals surface area contributed by atoms with Gasteiger partial charge in [-0.1, -0.05) is 78.1 Å². The van der Waals surface area contributed by atoms with Crippen molar-refractivity contribution in [3.05, 3.63) is 0 Å². The van der Waals surface area contributed by atoms with Crippen molar-refractivity contribution < 1.29 is 10.2 Å². The molecule has 0 aliphatic carbocycles. The topological polar surface area (TPSA) is 40.5 Å². The van der Waals surface area contributed by atoms with E-state index in [1.54, 1.807) is 0 Å². The van der Waals surface area contributed by atoms with Crippen LogP contribution in [-0.4, -0.2) is 24.4 Å². The minimum absolute atomic E-state index is 1.00. The Morgan fingerprint density at radius 1 is 0.438 bits per heavy atom. The van der Waals surface area contributed by atoms with Crippen LogP contribution >= 0.6 is 0 Å². The highest BCUT2D eigenvalue weighted by atomic mass is 16.2. The first-order valence-electron chi connectivity index (χ1n) is 6.81. The van der Waals surface area contributed by atoms with E-state index in [1.165, 1.54) is 64.2 Å². The highest BCUT2D eigenvalue weighted by Gasteiger charge is 1.90. The second-order valence-corrected chi connectivity index (χ2v) is 3.83. The lowest BCUT2D eigenvalue weighted by atomic mass is 10.1. The molecule has 0 bridgehead atoms. The maximum atomic E-state index is 7.00. The maximum Gasteiger partial charge on any atom is 0.0319 e. The van der Waals surface area contributed by atoms with E-state index in [-0.39, 0.29) is 0 Å². The Labute approximate surface area is 103 Å². The lowest BCUT2D eigenvalue weighted by Gasteiger charge is -1.99. The summed E-state index contributed by atoms with van der Waals surface area (Å²) in [4.78, 5) is 0. The highest BCUT2D eigenvalue weighted by molar-refractivity contribution is 4.45. The molecule has 2 heteroatoms. The third-order valence-corrected chi connectivity index (χ3v) is 2.46. The van der Waals surface area contributed by atoms with E-state index in [9.17, 15) is 0 Å². The average Bonchev–Trinajstić information content (AvgIpc) is 2.38. The second-order valence-electron chi connectivity index (χ2n) is 3.83. The predicted octanol–water partition coefficient (Wildman–Crippen LogP) is 4.14. The van der Waals surface area contributed by atoms with E-state index in [0.717, 1.165) is 14.2 Å². The van der Waals surface area contributed by atoms with Crippen LogP contribution in [-0.2, 0) is 0 Å². The molecule has 0 aromatic heterocycles. The van der Waals surface area contributed by atoms with Crippen LogP contribution in [0.3, 0.4) is 0 Å². The molecule has 2 N–H and O–H groups in total. The fourth-order valence-electron chi connectivity index (χ4n) is 1.56. The molecule has 2 nitrogen and oxygen atoms in total. The van der Waals surface area contributed by atoms with E-state index >= 15 is 0 Å². The molecule has 0 atom stereocenters. The number of aliphatic hydroxyl groups excluding tert-OH is 2. The van der Waals surface area contributed by atoms with Crippen LogP contribution in [0.1, 0.15) is 78.1 Å². The monoisotopic (exact) mass is 234 g/mol. The van der Waals surface area contributed by atoms with Crippen LogP contribution in [0.2, 0.25) is 0 Å². The number of rotatable bonds is 9. The summed E-state index contributed by atoms with van der Waals surface area (Å²) in [5.74, 6) is 0. The van der Waals surface area contributed by atoms with Gasteiger partial charge in [-0.15, -0.1) is 0 Å². The number of unbranched alkanes of at least 4 members (excludes halogenated alkanes) is 9. The van der Waals surface area contributed by atoms with Gasteiger partial charge in [0.1, 0.15) is 0 Å². The lowest BCUT2D eigenvalue weighted by molar-refractivity contribution is 0.399. The van der Waals surface area contributed by atoms with Gasteiger partial charge in [0, 0.05) is 14.2 Å². The zero-order valence-corrected chi connectivity index (χ0v) is 12.0. The van der Waals surface area contributed by atoms with Gasteiger partial charge < -0.3 is 10.2 Å². The quantitative estimate of drug-likeness (QED) is 0.589. The van der Waals surface area contributed by atoms with Crippen molar-refractivity contribution in [2.45, 2.75) is 78.1 Å². The molecule has 0 saturated carbocycles. The minimum Gasteiger partial charge on any atom is -0.400 e. The molecule has 102 valence electrons. The summed E-state index contributed by atoms with van der Waals surface area (Å²) in [5.41, 5.74) is 0. The molecular formula is C14H34O2. The number of hydrogen-bond acceptors (Lipinski definition) is 2. The molecule has 0 unspecified atom stereocenters. The number of hydrogen-bond donors (Lipinski definition) is 2. The molecular weight excluding hydrogens is 200 g/mol. The van der Waals surface area contributed by atoms with Gasteiger partial charge in [0.15, 0.2) is 0 Å². The normalized spacial score (nSPS) is 8.62. The smallest absolute Gasteiger partial charge is 0.0319 e. The van der Waals surface area contributed by atoms with Gasteiger partial charge in [0.25, 0.3) is 0 Å². The van der Waals surface area contributed by atoms with Crippen molar-refractivity contribution in [2.75, 3.05) is 14.2 Å². The van der Waals surface area contributed by atoms with Gasteiger partial charge in [-0.05, 0) is 0 Å². The molecule has 16 heavy (non-hydrogen) atoms. The molecule has 0 aliphatic heterocycles. The first-order valence-corrected chi connectivity index (χ1v) is 6.81. The van der Waals surface area contributed by atoms with E-state index in [1.807, 2.05) is 0 Å². The summed E-state index contributed by atoms with van der Waals surface area (Å²) in [6.07, 6.45) is 14.4. The molecule has 0 rings (SSSR count). The Bertz CT molecular complexity index is 65.1. The van der Waals surface area contributed by atoms with E-state index in [0.29, 0.717) is 0 Å². The van der Waals surface area contributed by atoms with Crippen molar-refractivity contribution in [3.63, 3.8) is 0 Å². The van der Waals surface area contributed by atoms with Crippen molar-refractivity contribution in [3.8, 4) is 0 Å². The Morgan fingerprint density at radius 2 is 0.625 bits per heavy atom. The Balaban J connectivity index is -0.000000376. The van der Waals surface area contributed by atoms with Crippen LogP contribution in [0.15, 0.2) is 0 Å². The molecule has 0 aromatic carbocycles. The molecule has 0 radical (unpaired) electrons. The van der Waals surface area contributed by atoms with Gasteiger partial charge in [-0.2, -0.15) is 0 Å². The Kier molecular flexibility index (Phi) is 39.0. The highest BCUT2D eigenvalue weighted by Crippen LogP contribution is 2.09. The summed E-state index contributed by atoms with van der Waals surface area (Å²) in [6, 6.07) is 0. The van der Waals surface area contributed by atoms with E-state index in [2.05, 4.69) is 13.8 Å². The largest absolute Gasteiger partial charge is 0.400 e. The third kappa shape index (κ3) is 29.2. The molecule has 0 saturated heterocycles. The first-order chi connectivity index (χ1) is 7.91. The van der Waals surface area contributed by atoms with Gasteiger partial charge in [0.2, 0.25) is 0 Å². The van der Waals surface area contributed by atoms with Gasteiger partial charge in [0.05, 0.1) is 0 Å². The molecule has 0 aliphatic rings. The molecule has 0 aromatic rings. The second kappa shape index (κ2) is 29.4. The van der Waals surface area contributed by atoms with Crippen LogP contribution in [0.5, 0.6) is 0 Å². The summed E-state index contributed by atoms with van der Waals surface area (Å²) in [6.45, 7) is 4.56. The summed E-state index contributed by atoms with van der Waals surface area (Å²) in [5, 5.41) is 14.0. The predicted molar refractivity (Wildman–Crippen MR) is 73.8 cm³/mol. The minimum atomic E-state index is 1.00. The fraction of sp³-hybridized carbons (Fsp3) is 1.00. The van der Waals surface area contributed by atoms with Crippen molar-refractivity contribution in [1.29, 1.82) is 0 Å². The molecule has 0 fully saturated rings. The molecule has 0 heterocycles. The zero-order chi connectivity index (χ0) is 13.1. The molecule has 0 amide bonds. The van der Waals surface area contributed by atoms with E-state index < -0.39 is 0 Å². The van der Waals surface area contributed by atoms with Crippen LogP contribution in [0.25, 0.3) is 0 Å². The Morgan fingerprint density at radius 3 is 0.812 bits per heavy atom.